The van der Waals surface area contributed by atoms with Crippen molar-refractivity contribution in [1.29, 1.82) is 0 Å². The largest absolute Gasteiger partial charge is 0.313 e. The van der Waals surface area contributed by atoms with E-state index in [0.29, 0.717) is 0 Å². The molecular weight excluding hydrogens is 254 g/mol. The van der Waals surface area contributed by atoms with Gasteiger partial charge in [0.25, 0.3) is 0 Å². The molecule has 0 aromatic heterocycles. The van der Waals surface area contributed by atoms with Gasteiger partial charge >= 0.3 is 0 Å². The maximum atomic E-state index is 3.52. The van der Waals surface area contributed by atoms with Crippen LogP contribution in [-0.4, -0.2) is 13.1 Å². The molecule has 0 saturated carbocycles. The number of nitrogens with one attached hydrogen (secondary N) is 1. The van der Waals surface area contributed by atoms with E-state index in [1.165, 1.54) is 36.0 Å². The third-order valence-corrected chi connectivity index (χ3v) is 3.53. The molecule has 21 heavy (non-hydrogen) atoms. The van der Waals surface area contributed by atoms with E-state index >= 15 is 0 Å². The van der Waals surface area contributed by atoms with E-state index in [1.54, 1.807) is 0 Å². The van der Waals surface area contributed by atoms with E-state index in [4.69, 9.17) is 0 Å². The summed E-state index contributed by atoms with van der Waals surface area (Å²) in [5, 5.41) is 3.52. The summed E-state index contributed by atoms with van der Waals surface area (Å²) in [5.41, 5.74) is 4.10. The van der Waals surface area contributed by atoms with Gasteiger partial charge in [-0.15, -0.1) is 0 Å². The number of aryl methyl sites for hydroxylation is 1. The standard InChI is InChI=1S/C20H25N/c1-18(16-20-13-6-3-7-14-20)17-21-15-9-8-12-19-10-4-2-5-11-19/h2-7,10-11,13-14,16,21H,8-9,12,15,17H2,1H3/b18-16+. The minimum atomic E-state index is 0.972. The number of hydrogen-bond acceptors (Lipinski definition) is 1. The SMILES string of the molecule is C/C(=C\c1ccccc1)CNCCCCc1ccccc1. The molecule has 0 fully saturated rings. The Kier molecular flexibility index (Phi) is 6.76. The van der Waals surface area contributed by atoms with Crippen LogP contribution < -0.4 is 5.32 Å². The fraction of sp³-hybridized carbons (Fsp3) is 0.300. The molecule has 1 heteroatoms. The predicted octanol–water partition coefficient (Wildman–Crippen LogP) is 4.70. The topological polar surface area (TPSA) is 12.0 Å². The molecular formula is C20H25N. The Hall–Kier alpha value is -1.86. The Morgan fingerprint density at radius 1 is 0.905 bits per heavy atom. The minimum absolute atomic E-state index is 0.972. The lowest BCUT2D eigenvalue weighted by Crippen LogP contribution is -2.17. The van der Waals surface area contributed by atoms with Crippen LogP contribution in [0, 0.1) is 0 Å². The van der Waals surface area contributed by atoms with Crippen LogP contribution in [0.3, 0.4) is 0 Å². The van der Waals surface area contributed by atoms with E-state index < -0.39 is 0 Å². The first-order valence-corrected chi connectivity index (χ1v) is 7.81. The molecule has 0 aliphatic heterocycles. The molecule has 1 N–H and O–H groups in total. The van der Waals surface area contributed by atoms with E-state index in [2.05, 4.69) is 79.0 Å². The minimum Gasteiger partial charge on any atom is -0.313 e. The molecule has 0 saturated heterocycles. The Labute approximate surface area is 128 Å². The van der Waals surface area contributed by atoms with E-state index in [0.717, 1.165) is 13.1 Å². The van der Waals surface area contributed by atoms with Gasteiger partial charge in [0.1, 0.15) is 0 Å². The molecule has 0 atom stereocenters. The van der Waals surface area contributed by atoms with Gasteiger partial charge in [-0.1, -0.05) is 72.3 Å². The highest BCUT2D eigenvalue weighted by molar-refractivity contribution is 5.52. The lowest BCUT2D eigenvalue weighted by Gasteiger charge is -2.06. The van der Waals surface area contributed by atoms with Crippen molar-refractivity contribution in [1.82, 2.24) is 5.32 Å². The Morgan fingerprint density at radius 3 is 2.29 bits per heavy atom. The Balaban J connectivity index is 1.58. The fourth-order valence-electron chi connectivity index (χ4n) is 2.39. The predicted molar refractivity (Wildman–Crippen MR) is 92.3 cm³/mol. The van der Waals surface area contributed by atoms with E-state index in [1.807, 2.05) is 0 Å². The van der Waals surface area contributed by atoms with Crippen LogP contribution in [0.25, 0.3) is 6.08 Å². The summed E-state index contributed by atoms with van der Waals surface area (Å²) in [6.07, 6.45) is 5.91. The van der Waals surface area contributed by atoms with Crippen molar-refractivity contribution in [3.63, 3.8) is 0 Å². The highest BCUT2D eigenvalue weighted by Gasteiger charge is 1.94. The van der Waals surface area contributed by atoms with Crippen LogP contribution in [0.15, 0.2) is 66.2 Å². The zero-order valence-corrected chi connectivity index (χ0v) is 12.9. The maximum Gasteiger partial charge on any atom is 0.0165 e. The van der Waals surface area contributed by atoms with Crippen molar-refractivity contribution < 1.29 is 0 Å². The van der Waals surface area contributed by atoms with Crippen molar-refractivity contribution in [3.8, 4) is 0 Å². The Morgan fingerprint density at radius 2 is 1.57 bits per heavy atom. The second-order valence-corrected chi connectivity index (χ2v) is 5.52. The molecule has 0 aliphatic rings. The van der Waals surface area contributed by atoms with Gasteiger partial charge < -0.3 is 5.32 Å². The number of rotatable bonds is 8. The monoisotopic (exact) mass is 279 g/mol. The zero-order chi connectivity index (χ0) is 14.8. The van der Waals surface area contributed by atoms with E-state index in [-0.39, 0.29) is 0 Å². The number of benzene rings is 2. The average Bonchev–Trinajstić information content (AvgIpc) is 2.53. The van der Waals surface area contributed by atoms with Crippen molar-refractivity contribution in [2.45, 2.75) is 26.2 Å². The molecule has 0 heterocycles. The molecule has 0 radical (unpaired) electrons. The first-order chi connectivity index (χ1) is 10.3. The molecule has 1 nitrogen and oxygen atoms in total. The summed E-state index contributed by atoms with van der Waals surface area (Å²) in [5.74, 6) is 0. The highest BCUT2D eigenvalue weighted by Crippen LogP contribution is 2.06. The van der Waals surface area contributed by atoms with Gasteiger partial charge in [-0.2, -0.15) is 0 Å². The Bertz CT molecular complexity index is 528. The lowest BCUT2D eigenvalue weighted by atomic mass is 10.1. The van der Waals surface area contributed by atoms with Gasteiger partial charge in [0.15, 0.2) is 0 Å². The summed E-state index contributed by atoms with van der Waals surface area (Å²) >= 11 is 0. The van der Waals surface area contributed by atoms with Gasteiger partial charge in [-0.05, 0) is 43.9 Å². The molecule has 0 spiro atoms. The summed E-state index contributed by atoms with van der Waals surface area (Å²) < 4.78 is 0. The highest BCUT2D eigenvalue weighted by atomic mass is 14.8. The van der Waals surface area contributed by atoms with Crippen LogP contribution in [-0.2, 0) is 6.42 Å². The van der Waals surface area contributed by atoms with Gasteiger partial charge in [-0.3, -0.25) is 0 Å². The van der Waals surface area contributed by atoms with Crippen LogP contribution in [0.1, 0.15) is 30.9 Å². The first-order valence-electron chi connectivity index (χ1n) is 7.81. The van der Waals surface area contributed by atoms with Crippen LogP contribution in [0.4, 0.5) is 0 Å². The number of unbranched alkanes of at least 4 members (excludes halogenated alkanes) is 1. The van der Waals surface area contributed by atoms with Gasteiger partial charge in [0, 0.05) is 6.54 Å². The summed E-state index contributed by atoms with van der Waals surface area (Å²) in [4.78, 5) is 0. The molecule has 2 rings (SSSR count). The zero-order valence-electron chi connectivity index (χ0n) is 12.9. The summed E-state index contributed by atoms with van der Waals surface area (Å²) in [6, 6.07) is 21.2. The second kappa shape index (κ2) is 9.15. The second-order valence-electron chi connectivity index (χ2n) is 5.52. The molecule has 2 aromatic carbocycles. The van der Waals surface area contributed by atoms with Crippen LogP contribution in [0.5, 0.6) is 0 Å². The first kappa shape index (κ1) is 15.5. The van der Waals surface area contributed by atoms with Gasteiger partial charge in [0.2, 0.25) is 0 Å². The third-order valence-electron chi connectivity index (χ3n) is 3.53. The average molecular weight is 279 g/mol. The molecule has 2 aromatic rings. The molecule has 110 valence electrons. The summed E-state index contributed by atoms with van der Waals surface area (Å²) in [6.45, 7) is 4.25. The molecule has 0 bridgehead atoms. The van der Waals surface area contributed by atoms with Crippen LogP contribution in [0.2, 0.25) is 0 Å². The van der Waals surface area contributed by atoms with E-state index in [9.17, 15) is 0 Å². The maximum absolute atomic E-state index is 3.52. The van der Waals surface area contributed by atoms with Crippen molar-refractivity contribution in [3.05, 3.63) is 77.4 Å². The lowest BCUT2D eigenvalue weighted by molar-refractivity contribution is 0.648. The van der Waals surface area contributed by atoms with Crippen molar-refractivity contribution in [2.24, 2.45) is 0 Å². The molecule has 0 amide bonds. The quantitative estimate of drug-likeness (QED) is 0.690. The van der Waals surface area contributed by atoms with Crippen LogP contribution >= 0.6 is 0 Å². The van der Waals surface area contributed by atoms with Crippen molar-refractivity contribution in [2.75, 3.05) is 13.1 Å². The summed E-state index contributed by atoms with van der Waals surface area (Å²) in [7, 11) is 0. The normalized spacial score (nSPS) is 11.6. The number of hydrogen-bond donors (Lipinski definition) is 1. The smallest absolute Gasteiger partial charge is 0.0165 e. The third kappa shape index (κ3) is 6.42. The molecule has 0 unspecified atom stereocenters. The van der Waals surface area contributed by atoms with Gasteiger partial charge in [0.05, 0.1) is 0 Å². The van der Waals surface area contributed by atoms with Gasteiger partial charge in [-0.25, -0.2) is 0 Å². The fourth-order valence-corrected chi connectivity index (χ4v) is 2.39. The molecule has 0 aliphatic carbocycles. The van der Waals surface area contributed by atoms with Crippen molar-refractivity contribution >= 4 is 6.08 Å².